The van der Waals surface area contributed by atoms with Gasteiger partial charge in [-0.3, -0.25) is 0 Å². The smallest absolute Gasteiger partial charge is 0.223 e. The van der Waals surface area contributed by atoms with Gasteiger partial charge < -0.3 is 14.6 Å². The lowest BCUT2D eigenvalue weighted by molar-refractivity contribution is -0.106. The number of benzene rings is 2. The average molecular weight is 384 g/mol. The first-order valence-corrected chi connectivity index (χ1v) is 9.64. The van der Waals surface area contributed by atoms with Crippen LogP contribution in [0.5, 0.6) is 11.6 Å². The predicted molar refractivity (Wildman–Crippen MR) is 107 cm³/mol. The first-order valence-electron chi connectivity index (χ1n) is 9.64. The molecule has 1 aliphatic carbocycles. The molecule has 3 unspecified atom stereocenters. The third kappa shape index (κ3) is 2.27. The van der Waals surface area contributed by atoms with Crippen molar-refractivity contribution in [2.24, 2.45) is 0 Å². The first-order chi connectivity index (χ1) is 14.1. The van der Waals surface area contributed by atoms with Gasteiger partial charge >= 0.3 is 0 Å². The molecule has 2 heterocycles. The van der Waals surface area contributed by atoms with Crippen molar-refractivity contribution >= 4 is 0 Å². The topological polar surface area (TPSA) is 75.4 Å². The predicted octanol–water partition coefficient (Wildman–Crippen LogP) is 4.01. The van der Waals surface area contributed by atoms with Crippen molar-refractivity contribution in [2.75, 3.05) is 7.11 Å². The number of ether oxygens (including phenoxy) is 2. The van der Waals surface area contributed by atoms with Crippen molar-refractivity contribution in [3.05, 3.63) is 89.1 Å². The summed E-state index contributed by atoms with van der Waals surface area (Å²) < 4.78 is 12.1. The Morgan fingerprint density at radius 3 is 2.59 bits per heavy atom. The minimum absolute atomic E-state index is 0.0706. The summed E-state index contributed by atoms with van der Waals surface area (Å²) in [6.45, 7) is 0. The lowest BCUT2D eigenvalue weighted by Gasteiger charge is -2.40. The number of pyridine rings is 1. The molecule has 2 aromatic carbocycles. The second-order valence-electron chi connectivity index (χ2n) is 7.58. The van der Waals surface area contributed by atoms with Gasteiger partial charge in [0, 0.05) is 12.1 Å². The van der Waals surface area contributed by atoms with Gasteiger partial charge in [0.05, 0.1) is 24.3 Å². The van der Waals surface area contributed by atoms with E-state index in [-0.39, 0.29) is 5.92 Å². The summed E-state index contributed by atoms with van der Waals surface area (Å²) in [4.78, 5) is 4.32. The highest BCUT2D eigenvalue weighted by molar-refractivity contribution is 5.56. The number of nitrogens with zero attached hydrogens (tertiary/aromatic N) is 2. The van der Waals surface area contributed by atoms with Gasteiger partial charge in [-0.05, 0) is 42.2 Å². The van der Waals surface area contributed by atoms with Gasteiger partial charge in [0.15, 0.2) is 5.60 Å². The van der Waals surface area contributed by atoms with Crippen LogP contribution in [0, 0.1) is 11.3 Å². The van der Waals surface area contributed by atoms with Crippen molar-refractivity contribution in [2.45, 2.75) is 30.0 Å². The summed E-state index contributed by atoms with van der Waals surface area (Å²) >= 11 is 0. The van der Waals surface area contributed by atoms with Crippen molar-refractivity contribution in [1.29, 1.82) is 5.26 Å². The Kier molecular flexibility index (Phi) is 3.87. The van der Waals surface area contributed by atoms with Gasteiger partial charge in [-0.25, -0.2) is 4.98 Å². The Labute approximate surface area is 169 Å². The van der Waals surface area contributed by atoms with Gasteiger partial charge in [0.25, 0.3) is 0 Å². The van der Waals surface area contributed by atoms with E-state index >= 15 is 0 Å². The molecular formula is C24H20N2O3. The fraction of sp³-hybridized carbons (Fsp3) is 0.250. The molecule has 0 radical (unpaired) electrons. The maximum absolute atomic E-state index is 12.1. The van der Waals surface area contributed by atoms with E-state index in [1.807, 2.05) is 30.3 Å². The normalized spacial score (nSPS) is 26.9. The van der Waals surface area contributed by atoms with E-state index in [2.05, 4.69) is 23.2 Å². The Bertz CT molecular complexity index is 1110. The van der Waals surface area contributed by atoms with Crippen molar-refractivity contribution < 1.29 is 14.6 Å². The minimum atomic E-state index is -1.30. The molecule has 5 rings (SSSR count). The number of hydrogen-bond acceptors (Lipinski definition) is 5. The number of hydrogen-bond donors (Lipinski definition) is 1. The summed E-state index contributed by atoms with van der Waals surface area (Å²) in [5.74, 6) is 0.900. The maximum atomic E-state index is 12.1. The van der Waals surface area contributed by atoms with E-state index in [1.54, 1.807) is 31.5 Å². The Morgan fingerprint density at radius 1 is 1.14 bits per heavy atom. The van der Waals surface area contributed by atoms with Crippen LogP contribution >= 0.6 is 0 Å². The molecular weight excluding hydrogens is 364 g/mol. The van der Waals surface area contributed by atoms with E-state index in [1.165, 1.54) is 0 Å². The molecule has 1 saturated carbocycles. The van der Waals surface area contributed by atoms with Crippen molar-refractivity contribution in [1.82, 2.24) is 4.98 Å². The fourth-order valence-electron chi connectivity index (χ4n) is 5.09. The van der Waals surface area contributed by atoms with Gasteiger partial charge in [-0.15, -0.1) is 0 Å². The third-order valence-electron chi connectivity index (χ3n) is 6.30. The summed E-state index contributed by atoms with van der Waals surface area (Å²) in [6.07, 6.45) is 2.89. The van der Waals surface area contributed by atoms with Crippen LogP contribution in [0.4, 0.5) is 0 Å². The zero-order chi connectivity index (χ0) is 20.1. The Balaban J connectivity index is 1.77. The molecule has 2 aliphatic rings. The van der Waals surface area contributed by atoms with E-state index in [4.69, 9.17) is 9.47 Å². The minimum Gasteiger partial charge on any atom is -0.481 e. The fourth-order valence-corrected chi connectivity index (χ4v) is 5.09. The Hall–Kier alpha value is -3.36. The van der Waals surface area contributed by atoms with E-state index < -0.39 is 11.2 Å². The lowest BCUT2D eigenvalue weighted by Crippen LogP contribution is -2.48. The van der Waals surface area contributed by atoms with Gasteiger partial charge in [0.2, 0.25) is 5.88 Å². The van der Waals surface area contributed by atoms with Crippen LogP contribution in [0.1, 0.15) is 41.0 Å². The van der Waals surface area contributed by atoms with Crippen molar-refractivity contribution in [3.63, 3.8) is 0 Å². The quantitative estimate of drug-likeness (QED) is 0.738. The molecule has 144 valence electrons. The molecule has 1 fully saturated rings. The molecule has 5 heteroatoms. The molecule has 0 bridgehead atoms. The number of fused-ring (bicyclic) bond motifs is 3. The second kappa shape index (κ2) is 6.33. The first kappa shape index (κ1) is 17.7. The highest BCUT2D eigenvalue weighted by Gasteiger charge is 2.69. The van der Waals surface area contributed by atoms with E-state index in [0.29, 0.717) is 29.2 Å². The monoisotopic (exact) mass is 384 g/mol. The number of nitriles is 1. The number of aliphatic hydroxyl groups is 1. The maximum Gasteiger partial charge on any atom is 0.223 e. The second-order valence-corrected chi connectivity index (χ2v) is 7.58. The highest BCUT2D eigenvalue weighted by atomic mass is 16.5. The largest absolute Gasteiger partial charge is 0.481 e. The standard InChI is InChI=1S/C24H20N2O3/c1-28-22-21-20(12-14-26-22)29-24(18-9-7-16(15-25)8-10-18)19(11-13-23(21,24)27)17-5-3-2-4-6-17/h2-10,12,14,19,27H,11,13H2,1H3. The van der Waals surface area contributed by atoms with Crippen LogP contribution < -0.4 is 9.47 Å². The molecule has 1 N–H and O–H groups in total. The number of aromatic nitrogens is 1. The zero-order valence-corrected chi connectivity index (χ0v) is 16.0. The molecule has 0 spiro atoms. The van der Waals surface area contributed by atoms with Gasteiger partial charge in [-0.1, -0.05) is 42.5 Å². The van der Waals surface area contributed by atoms with Crippen LogP contribution in [0.25, 0.3) is 0 Å². The number of methoxy groups -OCH3 is 1. The highest BCUT2D eigenvalue weighted by Crippen LogP contribution is 2.67. The number of rotatable bonds is 3. The van der Waals surface area contributed by atoms with Gasteiger partial charge in [-0.2, -0.15) is 5.26 Å². The molecule has 1 aliphatic heterocycles. The van der Waals surface area contributed by atoms with Crippen LogP contribution in [0.15, 0.2) is 66.9 Å². The van der Waals surface area contributed by atoms with Crippen LogP contribution in [0.2, 0.25) is 0 Å². The van der Waals surface area contributed by atoms with E-state index in [9.17, 15) is 10.4 Å². The summed E-state index contributed by atoms with van der Waals surface area (Å²) in [5, 5.41) is 21.4. The summed E-state index contributed by atoms with van der Waals surface area (Å²) in [6, 6.07) is 21.4. The van der Waals surface area contributed by atoms with Crippen LogP contribution in [-0.4, -0.2) is 17.2 Å². The SMILES string of the molecule is COc1nccc2c1C1(O)CCC(c3ccccc3)C1(c1ccc(C#N)cc1)O2. The molecule has 1 aromatic heterocycles. The molecule has 29 heavy (non-hydrogen) atoms. The molecule has 0 saturated heterocycles. The van der Waals surface area contributed by atoms with E-state index in [0.717, 1.165) is 17.5 Å². The molecule has 5 nitrogen and oxygen atoms in total. The average Bonchev–Trinajstić information content (AvgIpc) is 3.21. The zero-order valence-electron chi connectivity index (χ0n) is 16.0. The van der Waals surface area contributed by atoms with Crippen LogP contribution in [-0.2, 0) is 11.2 Å². The lowest BCUT2D eigenvalue weighted by atomic mass is 9.72. The molecule has 3 aromatic rings. The Morgan fingerprint density at radius 2 is 1.90 bits per heavy atom. The summed E-state index contributed by atoms with van der Waals surface area (Å²) in [7, 11) is 1.55. The molecule has 0 amide bonds. The summed E-state index contributed by atoms with van der Waals surface area (Å²) in [5.41, 5.74) is 0.788. The van der Waals surface area contributed by atoms with Crippen molar-refractivity contribution in [3.8, 4) is 17.7 Å². The molecule has 3 atom stereocenters. The van der Waals surface area contributed by atoms with Gasteiger partial charge in [0.1, 0.15) is 11.4 Å². The van der Waals surface area contributed by atoms with Crippen LogP contribution in [0.3, 0.4) is 0 Å². The third-order valence-corrected chi connectivity index (χ3v) is 6.30.